The molecule has 2 atom stereocenters. The minimum absolute atomic E-state index is 0.137. The highest BCUT2D eigenvalue weighted by atomic mass is 32.1. The van der Waals surface area contributed by atoms with Crippen LogP contribution in [0, 0.1) is 12.8 Å². The lowest BCUT2D eigenvalue weighted by atomic mass is 9.85. The minimum atomic E-state index is 0.137. The maximum Gasteiger partial charge on any atom is 0.225 e. The van der Waals surface area contributed by atoms with E-state index in [-0.39, 0.29) is 12.0 Å². The number of piperidine rings is 1. The predicted octanol–water partition coefficient (Wildman–Crippen LogP) is 4.50. The van der Waals surface area contributed by atoms with Gasteiger partial charge in [0, 0.05) is 48.8 Å². The maximum atomic E-state index is 13.0. The van der Waals surface area contributed by atoms with Gasteiger partial charge in [0.15, 0.2) is 5.13 Å². The van der Waals surface area contributed by atoms with Crippen LogP contribution in [0.5, 0.6) is 0 Å². The number of ether oxygens (including phenoxy) is 1. The van der Waals surface area contributed by atoms with Crippen LogP contribution in [0.15, 0.2) is 24.4 Å². The molecule has 29 heavy (non-hydrogen) atoms. The van der Waals surface area contributed by atoms with E-state index in [1.54, 1.807) is 18.4 Å². The van der Waals surface area contributed by atoms with Crippen molar-refractivity contribution in [3.05, 3.63) is 35.0 Å². The fraction of sp³-hybridized carbons (Fsp3) is 0.591. The number of carbonyl (C=O) groups excluding carboxylic acids is 1. The summed E-state index contributed by atoms with van der Waals surface area (Å²) in [7, 11) is 1.76. The number of nitrogens with one attached hydrogen (secondary N) is 1. The average Bonchev–Trinajstić information content (AvgIpc) is 3.18. The lowest BCUT2D eigenvalue weighted by Crippen LogP contribution is -2.43. The molecular weight excluding hydrogens is 384 g/mol. The quantitative estimate of drug-likeness (QED) is 0.780. The zero-order valence-electron chi connectivity index (χ0n) is 17.3. The molecule has 1 amide bonds. The maximum absolute atomic E-state index is 13.0. The molecule has 0 radical (unpaired) electrons. The van der Waals surface area contributed by atoms with Gasteiger partial charge in [-0.2, -0.15) is 0 Å². The van der Waals surface area contributed by atoms with Crippen molar-refractivity contribution in [2.45, 2.75) is 57.5 Å². The SMILES string of the molecule is CO[C@H]1CCC[C@H](C(=O)N2CCC(c3cccc(Nc4ncc(C)s4)n3)CC2)C1. The summed E-state index contributed by atoms with van der Waals surface area (Å²) in [4.78, 5) is 25.4. The van der Waals surface area contributed by atoms with Crippen LogP contribution >= 0.6 is 11.3 Å². The molecular formula is C22H30N4O2S. The molecule has 4 rings (SSSR count). The molecule has 1 aliphatic carbocycles. The molecule has 6 nitrogen and oxygen atoms in total. The van der Waals surface area contributed by atoms with E-state index >= 15 is 0 Å². The highest BCUT2D eigenvalue weighted by molar-refractivity contribution is 7.15. The second-order valence-electron chi connectivity index (χ2n) is 8.17. The van der Waals surface area contributed by atoms with Crippen molar-refractivity contribution in [3.8, 4) is 0 Å². The van der Waals surface area contributed by atoms with Crippen molar-refractivity contribution in [2.75, 3.05) is 25.5 Å². The van der Waals surface area contributed by atoms with E-state index in [0.717, 1.165) is 68.3 Å². The zero-order valence-corrected chi connectivity index (χ0v) is 18.1. The number of amides is 1. The Bertz CT molecular complexity index is 832. The summed E-state index contributed by atoms with van der Waals surface area (Å²) in [6, 6.07) is 6.13. The van der Waals surface area contributed by atoms with Gasteiger partial charge in [-0.3, -0.25) is 4.79 Å². The Kier molecular flexibility index (Phi) is 6.45. The van der Waals surface area contributed by atoms with E-state index in [4.69, 9.17) is 9.72 Å². The Balaban J connectivity index is 1.33. The Morgan fingerprint density at radius 1 is 1.24 bits per heavy atom. The highest BCUT2D eigenvalue weighted by Crippen LogP contribution is 2.32. The molecule has 2 aliphatic rings. The Hall–Kier alpha value is -1.99. The van der Waals surface area contributed by atoms with Gasteiger partial charge in [0.05, 0.1) is 6.10 Å². The predicted molar refractivity (Wildman–Crippen MR) is 116 cm³/mol. The summed E-state index contributed by atoms with van der Waals surface area (Å²) >= 11 is 1.63. The molecule has 1 saturated heterocycles. The molecule has 1 aliphatic heterocycles. The number of nitrogens with zero attached hydrogens (tertiary/aromatic N) is 3. The minimum Gasteiger partial charge on any atom is -0.381 e. The van der Waals surface area contributed by atoms with Crippen molar-refractivity contribution in [3.63, 3.8) is 0 Å². The van der Waals surface area contributed by atoms with Crippen LogP contribution in [-0.4, -0.2) is 47.1 Å². The summed E-state index contributed by atoms with van der Waals surface area (Å²) < 4.78 is 5.50. The van der Waals surface area contributed by atoms with Crippen molar-refractivity contribution in [1.82, 2.24) is 14.9 Å². The van der Waals surface area contributed by atoms with E-state index in [1.165, 1.54) is 4.88 Å². The monoisotopic (exact) mass is 414 g/mol. The van der Waals surface area contributed by atoms with Crippen molar-refractivity contribution in [1.29, 1.82) is 0 Å². The Morgan fingerprint density at radius 3 is 2.79 bits per heavy atom. The lowest BCUT2D eigenvalue weighted by Gasteiger charge is -2.36. The van der Waals surface area contributed by atoms with Crippen LogP contribution in [0.2, 0.25) is 0 Å². The zero-order chi connectivity index (χ0) is 20.2. The first-order valence-corrected chi connectivity index (χ1v) is 11.4. The van der Waals surface area contributed by atoms with Gasteiger partial charge in [0.25, 0.3) is 0 Å². The first-order valence-electron chi connectivity index (χ1n) is 10.6. The molecule has 1 saturated carbocycles. The molecule has 0 unspecified atom stereocenters. The van der Waals surface area contributed by atoms with E-state index < -0.39 is 0 Å². The number of rotatable bonds is 5. The van der Waals surface area contributed by atoms with Gasteiger partial charge in [-0.25, -0.2) is 9.97 Å². The van der Waals surface area contributed by atoms with Crippen LogP contribution in [0.25, 0.3) is 0 Å². The Labute approximate surface area is 176 Å². The number of pyridine rings is 1. The number of anilines is 2. The molecule has 2 fully saturated rings. The first-order chi connectivity index (χ1) is 14.1. The molecule has 156 valence electrons. The van der Waals surface area contributed by atoms with Gasteiger partial charge in [0.2, 0.25) is 5.91 Å². The van der Waals surface area contributed by atoms with E-state index in [9.17, 15) is 4.79 Å². The summed E-state index contributed by atoms with van der Waals surface area (Å²) in [6.45, 7) is 3.69. The van der Waals surface area contributed by atoms with E-state index in [2.05, 4.69) is 27.3 Å². The average molecular weight is 415 g/mol. The summed E-state index contributed by atoms with van der Waals surface area (Å²) in [5, 5.41) is 4.17. The van der Waals surface area contributed by atoms with Crippen molar-refractivity contribution in [2.24, 2.45) is 5.92 Å². The van der Waals surface area contributed by atoms with Gasteiger partial charge < -0.3 is 15.0 Å². The van der Waals surface area contributed by atoms with Crippen LogP contribution in [0.4, 0.5) is 10.9 Å². The molecule has 7 heteroatoms. The number of thiazole rings is 1. The van der Waals surface area contributed by atoms with Gasteiger partial charge in [0.1, 0.15) is 5.82 Å². The third kappa shape index (κ3) is 4.95. The lowest BCUT2D eigenvalue weighted by molar-refractivity contribution is -0.139. The molecule has 1 N–H and O–H groups in total. The second-order valence-corrected chi connectivity index (χ2v) is 9.40. The number of hydrogen-bond acceptors (Lipinski definition) is 6. The summed E-state index contributed by atoms with van der Waals surface area (Å²) in [5.41, 5.74) is 1.10. The second kappa shape index (κ2) is 9.22. The summed E-state index contributed by atoms with van der Waals surface area (Å²) in [5.74, 6) is 1.70. The normalized spacial score (nSPS) is 23.2. The van der Waals surface area contributed by atoms with Gasteiger partial charge in [-0.15, -0.1) is 11.3 Å². The number of likely N-dealkylation sites (tertiary alicyclic amines) is 1. The number of hydrogen-bond donors (Lipinski definition) is 1. The fourth-order valence-corrected chi connectivity index (χ4v) is 5.18. The third-order valence-electron chi connectivity index (χ3n) is 6.16. The van der Waals surface area contributed by atoms with Gasteiger partial charge >= 0.3 is 0 Å². The number of aryl methyl sites for hydroxylation is 1. The van der Waals surface area contributed by atoms with E-state index in [1.807, 2.05) is 19.2 Å². The number of aromatic nitrogens is 2. The molecule has 2 aromatic heterocycles. The van der Waals surface area contributed by atoms with Crippen LogP contribution in [0.3, 0.4) is 0 Å². The smallest absolute Gasteiger partial charge is 0.225 e. The van der Waals surface area contributed by atoms with Crippen molar-refractivity contribution < 1.29 is 9.53 Å². The van der Waals surface area contributed by atoms with E-state index in [0.29, 0.717) is 11.8 Å². The van der Waals surface area contributed by atoms with Crippen LogP contribution < -0.4 is 5.32 Å². The largest absolute Gasteiger partial charge is 0.381 e. The van der Waals surface area contributed by atoms with Crippen molar-refractivity contribution >= 4 is 28.2 Å². The Morgan fingerprint density at radius 2 is 2.07 bits per heavy atom. The van der Waals surface area contributed by atoms with Crippen LogP contribution in [-0.2, 0) is 9.53 Å². The number of carbonyl (C=O) groups is 1. The van der Waals surface area contributed by atoms with Gasteiger partial charge in [-0.05, 0) is 51.2 Å². The molecule has 3 heterocycles. The summed E-state index contributed by atoms with van der Waals surface area (Å²) in [6.07, 6.45) is 8.11. The standard InChI is InChI=1S/C22H30N4O2S/c1-15-14-23-22(29-15)25-20-8-4-7-19(24-20)16-9-11-26(12-10-16)21(27)17-5-3-6-18(13-17)28-2/h4,7-8,14,16-18H,3,5-6,9-13H2,1-2H3,(H,23,24,25)/t17-,18-/m0/s1. The van der Waals surface area contributed by atoms with Gasteiger partial charge in [-0.1, -0.05) is 12.5 Å². The molecule has 0 spiro atoms. The van der Waals surface area contributed by atoms with Crippen LogP contribution in [0.1, 0.15) is 55.0 Å². The third-order valence-corrected chi connectivity index (χ3v) is 6.99. The number of methoxy groups -OCH3 is 1. The molecule has 2 aromatic rings. The molecule has 0 bridgehead atoms. The highest BCUT2D eigenvalue weighted by Gasteiger charge is 2.32. The first kappa shape index (κ1) is 20.3. The molecule has 0 aromatic carbocycles. The fourth-order valence-electron chi connectivity index (χ4n) is 4.51. The topological polar surface area (TPSA) is 67.3 Å².